The van der Waals surface area contributed by atoms with E-state index in [1.807, 2.05) is 5.01 Å². The molecule has 1 amide bonds. The Kier molecular flexibility index (Phi) is 4.18. The topological polar surface area (TPSA) is 49.4 Å². The van der Waals surface area contributed by atoms with Crippen molar-refractivity contribution in [2.45, 2.75) is 19.3 Å². The Morgan fingerprint density at radius 1 is 1.23 bits per heavy atom. The number of nitrogens with zero attached hydrogens (tertiary/aromatic N) is 1. The van der Waals surface area contributed by atoms with E-state index < -0.39 is 0 Å². The first-order valence-electron chi connectivity index (χ1n) is 4.50. The van der Waals surface area contributed by atoms with E-state index >= 15 is 0 Å². The molecule has 0 aromatic heterocycles. The Labute approximate surface area is 77.6 Å². The van der Waals surface area contributed by atoms with Crippen LogP contribution in [0.25, 0.3) is 0 Å². The molecule has 1 rings (SSSR count). The van der Waals surface area contributed by atoms with Gasteiger partial charge in [-0.25, -0.2) is 5.01 Å². The third kappa shape index (κ3) is 3.85. The van der Waals surface area contributed by atoms with E-state index in [4.69, 9.17) is 0 Å². The van der Waals surface area contributed by atoms with Gasteiger partial charge < -0.3 is 0 Å². The molecule has 1 saturated heterocycles. The molecule has 0 atom stereocenters. The Bertz CT molecular complexity index is 208. The fourth-order valence-corrected chi connectivity index (χ4v) is 1.33. The van der Waals surface area contributed by atoms with Crippen LogP contribution in [-0.4, -0.2) is 30.3 Å². The monoisotopic (exact) mass is 182 g/mol. The van der Waals surface area contributed by atoms with Gasteiger partial charge in [0, 0.05) is 19.2 Å². The average molecular weight is 182 g/mol. The number of carbonyl (C=O) groups excluding carboxylic acids is 2. The van der Waals surface area contributed by atoms with E-state index in [-0.39, 0.29) is 5.91 Å². The summed E-state index contributed by atoms with van der Waals surface area (Å²) in [6.45, 7) is 1.81. The lowest BCUT2D eigenvalue weighted by Crippen LogP contribution is -2.44. The number of allylic oxidation sites excluding steroid dienone is 1. The fraction of sp³-hybridized carbons (Fsp3) is 0.556. The van der Waals surface area contributed by atoms with Crippen molar-refractivity contribution in [1.82, 2.24) is 10.4 Å². The highest BCUT2D eigenvalue weighted by Gasteiger charge is 2.10. The second kappa shape index (κ2) is 5.48. The lowest BCUT2D eigenvalue weighted by molar-refractivity contribution is -0.121. The third-order valence-electron chi connectivity index (χ3n) is 1.95. The number of hydrogen-bond donors (Lipinski definition) is 1. The predicted octanol–water partition coefficient (Wildman–Crippen LogP) is 0.259. The second-order valence-electron chi connectivity index (χ2n) is 3.02. The largest absolute Gasteiger partial charge is 0.299 e. The van der Waals surface area contributed by atoms with E-state index in [0.717, 1.165) is 25.9 Å². The SMILES string of the molecule is O=CC=CC(=O)NN1CCCCC1. The molecule has 0 bridgehead atoms. The van der Waals surface area contributed by atoms with Crippen molar-refractivity contribution in [1.29, 1.82) is 0 Å². The number of hydrogen-bond acceptors (Lipinski definition) is 3. The van der Waals surface area contributed by atoms with Crippen molar-refractivity contribution >= 4 is 12.2 Å². The van der Waals surface area contributed by atoms with Gasteiger partial charge in [0.2, 0.25) is 0 Å². The highest BCUT2D eigenvalue weighted by atomic mass is 16.2. The van der Waals surface area contributed by atoms with Gasteiger partial charge in [0.05, 0.1) is 0 Å². The van der Waals surface area contributed by atoms with E-state index in [0.29, 0.717) is 6.29 Å². The summed E-state index contributed by atoms with van der Waals surface area (Å²) < 4.78 is 0. The summed E-state index contributed by atoms with van der Waals surface area (Å²) in [5, 5.41) is 1.89. The summed E-state index contributed by atoms with van der Waals surface area (Å²) >= 11 is 0. The zero-order chi connectivity index (χ0) is 9.52. The molecule has 1 aliphatic rings. The van der Waals surface area contributed by atoms with Gasteiger partial charge in [-0.05, 0) is 18.9 Å². The number of rotatable bonds is 3. The summed E-state index contributed by atoms with van der Waals surface area (Å²) in [6.07, 6.45) is 6.50. The van der Waals surface area contributed by atoms with Crippen LogP contribution in [0, 0.1) is 0 Å². The molecule has 4 nitrogen and oxygen atoms in total. The molecular formula is C9H14N2O2. The van der Waals surface area contributed by atoms with E-state index in [1.165, 1.54) is 18.6 Å². The zero-order valence-corrected chi connectivity index (χ0v) is 7.53. The number of amides is 1. The molecule has 1 N–H and O–H groups in total. The minimum atomic E-state index is -0.228. The number of aldehydes is 1. The summed E-state index contributed by atoms with van der Waals surface area (Å²) in [5.41, 5.74) is 2.70. The lowest BCUT2D eigenvalue weighted by atomic mass is 10.2. The summed E-state index contributed by atoms with van der Waals surface area (Å²) in [5.74, 6) is -0.228. The maximum atomic E-state index is 11.1. The third-order valence-corrected chi connectivity index (χ3v) is 1.95. The summed E-state index contributed by atoms with van der Waals surface area (Å²) in [6, 6.07) is 0. The van der Waals surface area contributed by atoms with Crippen LogP contribution < -0.4 is 5.43 Å². The van der Waals surface area contributed by atoms with Crippen LogP contribution in [0.3, 0.4) is 0 Å². The summed E-state index contributed by atoms with van der Waals surface area (Å²) in [4.78, 5) is 21.0. The maximum absolute atomic E-state index is 11.1. The van der Waals surface area contributed by atoms with Gasteiger partial charge in [-0.3, -0.25) is 15.0 Å². The van der Waals surface area contributed by atoms with Gasteiger partial charge in [-0.15, -0.1) is 0 Å². The van der Waals surface area contributed by atoms with Crippen LogP contribution in [0.1, 0.15) is 19.3 Å². The van der Waals surface area contributed by atoms with Crippen molar-refractivity contribution in [2.24, 2.45) is 0 Å². The minimum Gasteiger partial charge on any atom is -0.299 e. The highest BCUT2D eigenvalue weighted by Crippen LogP contribution is 2.05. The number of piperidine rings is 1. The number of carbonyl (C=O) groups is 2. The van der Waals surface area contributed by atoms with Crippen LogP contribution >= 0.6 is 0 Å². The van der Waals surface area contributed by atoms with Gasteiger partial charge in [-0.2, -0.15) is 0 Å². The second-order valence-corrected chi connectivity index (χ2v) is 3.02. The van der Waals surface area contributed by atoms with Crippen molar-refractivity contribution in [3.63, 3.8) is 0 Å². The quantitative estimate of drug-likeness (QED) is 0.503. The van der Waals surface area contributed by atoms with Gasteiger partial charge in [0.1, 0.15) is 6.29 Å². The summed E-state index contributed by atoms with van der Waals surface area (Å²) in [7, 11) is 0. The van der Waals surface area contributed by atoms with Crippen LogP contribution in [0.4, 0.5) is 0 Å². The van der Waals surface area contributed by atoms with Crippen LogP contribution in [0.5, 0.6) is 0 Å². The molecule has 13 heavy (non-hydrogen) atoms. The van der Waals surface area contributed by atoms with Crippen molar-refractivity contribution < 1.29 is 9.59 Å². The molecule has 0 spiro atoms. The predicted molar refractivity (Wildman–Crippen MR) is 48.8 cm³/mol. The first-order valence-corrected chi connectivity index (χ1v) is 4.50. The smallest absolute Gasteiger partial charge is 0.258 e. The Balaban J connectivity index is 2.25. The molecule has 0 aromatic carbocycles. The number of hydrazine groups is 1. The zero-order valence-electron chi connectivity index (χ0n) is 7.53. The maximum Gasteiger partial charge on any atom is 0.258 e. The van der Waals surface area contributed by atoms with E-state index in [2.05, 4.69) is 5.43 Å². The van der Waals surface area contributed by atoms with Gasteiger partial charge in [-0.1, -0.05) is 6.42 Å². The average Bonchev–Trinajstić information content (AvgIpc) is 2.16. The molecule has 1 aliphatic heterocycles. The molecule has 1 heterocycles. The Morgan fingerprint density at radius 3 is 2.54 bits per heavy atom. The highest BCUT2D eigenvalue weighted by molar-refractivity contribution is 5.90. The molecule has 0 saturated carbocycles. The van der Waals surface area contributed by atoms with E-state index in [9.17, 15) is 9.59 Å². The van der Waals surface area contributed by atoms with Gasteiger partial charge in [0.25, 0.3) is 5.91 Å². The van der Waals surface area contributed by atoms with Crippen LogP contribution in [-0.2, 0) is 9.59 Å². The van der Waals surface area contributed by atoms with Crippen molar-refractivity contribution in [3.8, 4) is 0 Å². The molecule has 0 radical (unpaired) electrons. The Morgan fingerprint density at radius 2 is 1.92 bits per heavy atom. The molecule has 1 fully saturated rings. The molecule has 0 aromatic rings. The minimum absolute atomic E-state index is 0.228. The van der Waals surface area contributed by atoms with E-state index in [1.54, 1.807) is 0 Å². The molecule has 72 valence electrons. The first kappa shape index (κ1) is 9.92. The standard InChI is InChI=1S/C9H14N2O2/c12-8-4-5-9(13)10-11-6-2-1-3-7-11/h4-5,8H,1-3,6-7H2,(H,10,13). The lowest BCUT2D eigenvalue weighted by Gasteiger charge is -2.26. The van der Waals surface area contributed by atoms with Crippen molar-refractivity contribution in [2.75, 3.05) is 13.1 Å². The normalized spacial score (nSPS) is 18.8. The fourth-order valence-electron chi connectivity index (χ4n) is 1.33. The van der Waals surface area contributed by atoms with Gasteiger partial charge >= 0.3 is 0 Å². The Hall–Kier alpha value is -1.16. The van der Waals surface area contributed by atoms with Crippen LogP contribution in [0.2, 0.25) is 0 Å². The number of nitrogens with one attached hydrogen (secondary N) is 1. The van der Waals surface area contributed by atoms with Crippen LogP contribution in [0.15, 0.2) is 12.2 Å². The molecule has 0 aliphatic carbocycles. The molecule has 0 unspecified atom stereocenters. The first-order chi connectivity index (χ1) is 6.33. The van der Waals surface area contributed by atoms with Crippen molar-refractivity contribution in [3.05, 3.63) is 12.2 Å². The molecule has 4 heteroatoms. The molecular weight excluding hydrogens is 168 g/mol. The van der Waals surface area contributed by atoms with Gasteiger partial charge in [0.15, 0.2) is 0 Å².